The van der Waals surface area contributed by atoms with Crippen molar-refractivity contribution in [1.29, 1.82) is 0 Å². The van der Waals surface area contributed by atoms with Gasteiger partial charge in [-0.25, -0.2) is 23.1 Å². The van der Waals surface area contributed by atoms with Gasteiger partial charge in [0.15, 0.2) is 23.3 Å². The van der Waals surface area contributed by atoms with E-state index in [2.05, 4.69) is 9.97 Å². The van der Waals surface area contributed by atoms with E-state index in [4.69, 9.17) is 5.48 Å². The maximum atomic E-state index is 13.6. The van der Waals surface area contributed by atoms with E-state index >= 15 is 0 Å². The summed E-state index contributed by atoms with van der Waals surface area (Å²) < 4.78 is 74.5. The molecule has 28 heavy (non-hydrogen) atoms. The highest BCUT2D eigenvalue weighted by molar-refractivity contribution is 5.55. The molecular formula is C23H27F3N2. The van der Waals surface area contributed by atoms with Crippen molar-refractivity contribution in [2.24, 2.45) is 17.8 Å². The summed E-state index contributed by atoms with van der Waals surface area (Å²) in [6.07, 6.45) is 2.50. The second kappa shape index (κ2) is 8.22. The van der Waals surface area contributed by atoms with Gasteiger partial charge in [0.1, 0.15) is 0 Å². The number of benzene rings is 1. The number of aryl methyl sites for hydroxylation is 1. The van der Waals surface area contributed by atoms with Crippen molar-refractivity contribution in [2.75, 3.05) is 0 Å². The SMILES string of the molecule is [2H]C1([2H])CC(C2CCc3nc(-c4cc(F)c(F)c(F)c4)ncc3C2)CC([2H])([2H])C1CCC. The van der Waals surface area contributed by atoms with E-state index in [1.54, 1.807) is 6.20 Å². The van der Waals surface area contributed by atoms with Crippen LogP contribution in [0.15, 0.2) is 18.3 Å². The lowest BCUT2D eigenvalue weighted by atomic mass is 9.70. The van der Waals surface area contributed by atoms with E-state index in [1.807, 2.05) is 6.92 Å². The summed E-state index contributed by atoms with van der Waals surface area (Å²) in [7, 11) is 0. The fourth-order valence-corrected chi connectivity index (χ4v) is 4.32. The highest BCUT2D eigenvalue weighted by Gasteiger charge is 2.30. The normalized spacial score (nSPS) is 30.5. The summed E-state index contributed by atoms with van der Waals surface area (Å²) in [4.78, 5) is 8.69. The van der Waals surface area contributed by atoms with Crippen molar-refractivity contribution in [1.82, 2.24) is 9.97 Å². The number of aromatic nitrogens is 2. The lowest BCUT2D eigenvalue weighted by Crippen LogP contribution is -2.27. The molecule has 0 bridgehead atoms. The van der Waals surface area contributed by atoms with Gasteiger partial charge in [-0.2, -0.15) is 0 Å². The molecule has 1 heterocycles. The van der Waals surface area contributed by atoms with Gasteiger partial charge in [-0.1, -0.05) is 32.5 Å². The van der Waals surface area contributed by atoms with E-state index in [1.165, 1.54) is 0 Å². The highest BCUT2D eigenvalue weighted by Crippen LogP contribution is 2.40. The second-order valence-corrected chi connectivity index (χ2v) is 7.84. The molecule has 1 aromatic carbocycles. The van der Waals surface area contributed by atoms with E-state index in [-0.39, 0.29) is 23.2 Å². The van der Waals surface area contributed by atoms with Gasteiger partial charge in [-0.15, -0.1) is 0 Å². The molecular weight excluding hydrogens is 361 g/mol. The number of hydrogen-bond donors (Lipinski definition) is 0. The molecule has 0 radical (unpaired) electrons. The largest absolute Gasteiger partial charge is 0.236 e. The Morgan fingerprint density at radius 3 is 2.46 bits per heavy atom. The van der Waals surface area contributed by atoms with Gasteiger partial charge < -0.3 is 0 Å². The molecule has 150 valence electrons. The van der Waals surface area contributed by atoms with Crippen molar-refractivity contribution in [3.05, 3.63) is 47.0 Å². The molecule has 1 unspecified atom stereocenters. The van der Waals surface area contributed by atoms with Crippen LogP contribution >= 0.6 is 0 Å². The van der Waals surface area contributed by atoms with Crippen LogP contribution in [0.3, 0.4) is 0 Å². The molecule has 0 N–H and O–H groups in total. The Morgan fingerprint density at radius 1 is 1.07 bits per heavy atom. The smallest absolute Gasteiger partial charge is 0.194 e. The zero-order chi connectivity index (χ0) is 23.3. The highest BCUT2D eigenvalue weighted by atomic mass is 19.2. The van der Waals surface area contributed by atoms with Crippen LogP contribution in [-0.4, -0.2) is 9.97 Å². The third-order valence-corrected chi connectivity index (χ3v) is 5.93. The van der Waals surface area contributed by atoms with Crippen LogP contribution in [0.1, 0.15) is 68.5 Å². The molecule has 1 saturated carbocycles. The van der Waals surface area contributed by atoms with Crippen molar-refractivity contribution in [2.45, 2.75) is 64.6 Å². The van der Waals surface area contributed by atoms with Crippen molar-refractivity contribution < 1.29 is 18.7 Å². The second-order valence-electron chi connectivity index (χ2n) is 7.84. The minimum Gasteiger partial charge on any atom is -0.236 e. The maximum Gasteiger partial charge on any atom is 0.194 e. The quantitative estimate of drug-likeness (QED) is 0.573. The fraction of sp³-hybridized carbons (Fsp3) is 0.565. The van der Waals surface area contributed by atoms with Gasteiger partial charge in [-0.3, -0.25) is 0 Å². The lowest BCUT2D eigenvalue weighted by molar-refractivity contribution is 0.183. The zero-order valence-corrected chi connectivity index (χ0v) is 15.9. The fourth-order valence-electron chi connectivity index (χ4n) is 4.32. The van der Waals surface area contributed by atoms with E-state index in [0.29, 0.717) is 32.1 Å². The Morgan fingerprint density at radius 2 is 1.79 bits per heavy atom. The summed E-state index contributed by atoms with van der Waals surface area (Å²) >= 11 is 0. The van der Waals surface area contributed by atoms with Gasteiger partial charge in [0.2, 0.25) is 0 Å². The molecule has 2 nitrogen and oxygen atoms in total. The minimum absolute atomic E-state index is 0.0683. The summed E-state index contributed by atoms with van der Waals surface area (Å²) in [5.41, 5.74) is 1.73. The number of fused-ring (bicyclic) bond motifs is 1. The van der Waals surface area contributed by atoms with Crippen LogP contribution in [0.25, 0.3) is 11.4 Å². The maximum absolute atomic E-state index is 13.6. The lowest BCUT2D eigenvalue weighted by Gasteiger charge is -2.36. The predicted octanol–water partition coefficient (Wildman–Crippen LogP) is 6.27. The van der Waals surface area contributed by atoms with Crippen LogP contribution < -0.4 is 0 Å². The first-order chi connectivity index (χ1) is 15.0. The van der Waals surface area contributed by atoms with Crippen molar-refractivity contribution in [3.8, 4) is 11.4 Å². The molecule has 1 fully saturated rings. The summed E-state index contributed by atoms with van der Waals surface area (Å²) in [5.74, 6) is -4.50. The molecule has 0 saturated heterocycles. The molecule has 0 spiro atoms. The average molecular weight is 393 g/mol. The third kappa shape index (κ3) is 3.94. The average Bonchev–Trinajstić information content (AvgIpc) is 2.73. The monoisotopic (exact) mass is 392 g/mol. The van der Waals surface area contributed by atoms with Crippen LogP contribution in [0.5, 0.6) is 0 Å². The van der Waals surface area contributed by atoms with Gasteiger partial charge in [0, 0.05) is 22.9 Å². The Hall–Kier alpha value is -1.91. The zero-order valence-electron chi connectivity index (χ0n) is 19.9. The van der Waals surface area contributed by atoms with Crippen molar-refractivity contribution in [3.63, 3.8) is 0 Å². The van der Waals surface area contributed by atoms with Crippen LogP contribution in [0.2, 0.25) is 0 Å². The number of hydrogen-bond acceptors (Lipinski definition) is 2. The number of halogens is 3. The molecule has 1 aromatic heterocycles. The van der Waals surface area contributed by atoms with Crippen LogP contribution in [0, 0.1) is 35.2 Å². The topological polar surface area (TPSA) is 25.8 Å². The first-order valence-corrected chi connectivity index (χ1v) is 10.0. The first-order valence-electron chi connectivity index (χ1n) is 12.0. The minimum atomic E-state index is -1.54. The molecule has 0 aliphatic heterocycles. The first kappa shape index (κ1) is 15.0. The van der Waals surface area contributed by atoms with E-state index in [0.717, 1.165) is 36.2 Å². The Balaban J connectivity index is 1.54. The van der Waals surface area contributed by atoms with Crippen LogP contribution in [0.4, 0.5) is 13.2 Å². The summed E-state index contributed by atoms with van der Waals surface area (Å²) in [5, 5.41) is 0. The number of rotatable bonds is 4. The van der Waals surface area contributed by atoms with Gasteiger partial charge in [0.25, 0.3) is 0 Å². The van der Waals surface area contributed by atoms with E-state index < -0.39 is 36.1 Å². The molecule has 4 rings (SSSR count). The molecule has 0 amide bonds. The Labute approximate surface area is 170 Å². The summed E-state index contributed by atoms with van der Waals surface area (Å²) in [6.45, 7) is 1.96. The summed E-state index contributed by atoms with van der Waals surface area (Å²) in [6, 6.07) is 1.76. The van der Waals surface area contributed by atoms with Gasteiger partial charge in [-0.05, 0) is 67.6 Å². The third-order valence-electron chi connectivity index (χ3n) is 5.93. The molecule has 5 heteroatoms. The predicted molar refractivity (Wildman–Crippen MR) is 103 cm³/mol. The van der Waals surface area contributed by atoms with Gasteiger partial charge >= 0.3 is 0 Å². The molecule has 1 atom stereocenters. The number of nitrogens with zero attached hydrogens (tertiary/aromatic N) is 2. The Bertz CT molecular complexity index is 974. The molecule has 2 aliphatic carbocycles. The Kier molecular flexibility index (Phi) is 4.40. The molecule has 2 aliphatic rings. The van der Waals surface area contributed by atoms with Gasteiger partial charge in [0.05, 0.1) is 0 Å². The van der Waals surface area contributed by atoms with Crippen LogP contribution in [-0.2, 0) is 12.8 Å². The van der Waals surface area contributed by atoms with E-state index in [9.17, 15) is 13.2 Å². The standard InChI is InChI=1S/C23H27F3N2/c1-2-3-14-4-6-15(7-5-14)16-8-9-21-18(10-16)13-27-23(28-21)17-11-19(24)22(26)20(25)12-17/h11-16H,2-10H2,1H3/i4D2,5D2. The van der Waals surface area contributed by atoms with Crippen molar-refractivity contribution >= 4 is 0 Å². The molecule has 2 aromatic rings.